The van der Waals surface area contributed by atoms with E-state index in [1.54, 1.807) is 6.20 Å². The predicted octanol–water partition coefficient (Wildman–Crippen LogP) is 1.89. The molecule has 100 valence electrons. The van der Waals surface area contributed by atoms with Crippen molar-refractivity contribution in [3.05, 3.63) is 54.2 Å². The van der Waals surface area contributed by atoms with E-state index in [9.17, 15) is 4.79 Å². The number of carbonyl (C=O) groups excluding carboxylic acids is 1. The standard InChI is InChI=1S/C14H13N5O/c1-10-2-4-11(5-3-10)6-16-14(20)19-9-18-13-12(19)7-15-8-17-13/h2-5,7-9H,6H2,1H3,(H,16,20). The molecule has 0 aliphatic carbocycles. The van der Waals surface area contributed by atoms with Gasteiger partial charge in [-0.1, -0.05) is 29.8 Å². The Morgan fingerprint density at radius 2 is 2.05 bits per heavy atom. The van der Waals surface area contributed by atoms with Gasteiger partial charge >= 0.3 is 6.03 Å². The highest BCUT2D eigenvalue weighted by Gasteiger charge is 2.10. The number of hydrogen-bond acceptors (Lipinski definition) is 4. The quantitative estimate of drug-likeness (QED) is 0.769. The van der Waals surface area contributed by atoms with Crippen molar-refractivity contribution in [1.82, 2.24) is 24.8 Å². The van der Waals surface area contributed by atoms with Gasteiger partial charge in [0.25, 0.3) is 0 Å². The van der Waals surface area contributed by atoms with Gasteiger partial charge in [-0.3, -0.25) is 0 Å². The zero-order valence-corrected chi connectivity index (χ0v) is 10.9. The number of aromatic nitrogens is 4. The minimum atomic E-state index is -0.247. The van der Waals surface area contributed by atoms with Crippen molar-refractivity contribution in [2.45, 2.75) is 13.5 Å². The highest BCUT2D eigenvalue weighted by Crippen LogP contribution is 2.07. The van der Waals surface area contributed by atoms with Gasteiger partial charge in [-0.15, -0.1) is 0 Å². The summed E-state index contributed by atoms with van der Waals surface area (Å²) in [4.78, 5) is 24.1. The van der Waals surface area contributed by atoms with Gasteiger partial charge in [0.15, 0.2) is 5.65 Å². The Balaban J connectivity index is 1.75. The maximum atomic E-state index is 12.1. The second-order valence-corrected chi connectivity index (χ2v) is 4.49. The van der Waals surface area contributed by atoms with Crippen LogP contribution < -0.4 is 5.32 Å². The molecule has 0 radical (unpaired) electrons. The average Bonchev–Trinajstić information content (AvgIpc) is 2.90. The fraction of sp³-hybridized carbons (Fsp3) is 0.143. The molecule has 20 heavy (non-hydrogen) atoms. The van der Waals surface area contributed by atoms with Crippen LogP contribution in [-0.2, 0) is 6.54 Å². The van der Waals surface area contributed by atoms with Gasteiger partial charge in [0.1, 0.15) is 18.2 Å². The third kappa shape index (κ3) is 2.35. The minimum Gasteiger partial charge on any atom is -0.333 e. The summed E-state index contributed by atoms with van der Waals surface area (Å²) in [5.74, 6) is 0. The molecule has 0 spiro atoms. The summed E-state index contributed by atoms with van der Waals surface area (Å²) in [6.07, 6.45) is 4.43. The molecule has 1 aromatic carbocycles. The maximum absolute atomic E-state index is 12.1. The number of nitrogens with zero attached hydrogens (tertiary/aromatic N) is 4. The number of carbonyl (C=O) groups is 1. The summed E-state index contributed by atoms with van der Waals surface area (Å²) in [5, 5.41) is 2.84. The van der Waals surface area contributed by atoms with Gasteiger partial charge in [-0.2, -0.15) is 0 Å². The van der Waals surface area contributed by atoms with E-state index in [1.165, 1.54) is 22.8 Å². The molecular weight excluding hydrogens is 254 g/mol. The number of imidazole rings is 1. The molecule has 1 amide bonds. The normalized spacial score (nSPS) is 10.7. The Morgan fingerprint density at radius 3 is 2.85 bits per heavy atom. The van der Waals surface area contributed by atoms with E-state index in [4.69, 9.17) is 0 Å². The van der Waals surface area contributed by atoms with E-state index in [2.05, 4.69) is 20.3 Å². The molecule has 0 aliphatic rings. The maximum Gasteiger partial charge on any atom is 0.327 e. The van der Waals surface area contributed by atoms with Crippen LogP contribution in [0.4, 0.5) is 4.79 Å². The van der Waals surface area contributed by atoms with Gasteiger partial charge < -0.3 is 5.32 Å². The van der Waals surface area contributed by atoms with Crippen molar-refractivity contribution in [3.8, 4) is 0 Å². The summed E-state index contributed by atoms with van der Waals surface area (Å²) in [5.41, 5.74) is 3.34. The molecule has 0 unspecified atom stereocenters. The lowest BCUT2D eigenvalue weighted by Crippen LogP contribution is -2.27. The largest absolute Gasteiger partial charge is 0.333 e. The van der Waals surface area contributed by atoms with E-state index in [0.29, 0.717) is 17.7 Å². The van der Waals surface area contributed by atoms with Gasteiger partial charge in [0.2, 0.25) is 0 Å². The molecule has 0 bridgehead atoms. The van der Waals surface area contributed by atoms with Crippen molar-refractivity contribution in [3.63, 3.8) is 0 Å². The highest BCUT2D eigenvalue weighted by atomic mass is 16.2. The Morgan fingerprint density at radius 1 is 1.25 bits per heavy atom. The SMILES string of the molecule is Cc1ccc(CNC(=O)n2cnc3ncncc32)cc1. The fourth-order valence-corrected chi connectivity index (χ4v) is 1.89. The third-order valence-electron chi connectivity index (χ3n) is 3.01. The fourth-order valence-electron chi connectivity index (χ4n) is 1.89. The highest BCUT2D eigenvalue weighted by molar-refractivity contribution is 5.86. The van der Waals surface area contributed by atoms with E-state index < -0.39 is 0 Å². The molecule has 3 rings (SSSR count). The van der Waals surface area contributed by atoms with Crippen molar-refractivity contribution >= 4 is 17.2 Å². The van der Waals surface area contributed by atoms with Crippen LogP contribution in [0.25, 0.3) is 11.2 Å². The van der Waals surface area contributed by atoms with Gasteiger partial charge in [0, 0.05) is 6.54 Å². The molecule has 3 aromatic rings. The first kappa shape index (κ1) is 12.3. The van der Waals surface area contributed by atoms with Gasteiger partial charge in [0.05, 0.1) is 6.20 Å². The molecule has 0 atom stereocenters. The average molecular weight is 267 g/mol. The molecule has 0 aliphatic heterocycles. The number of amides is 1. The van der Waals surface area contributed by atoms with Gasteiger partial charge in [-0.05, 0) is 12.5 Å². The van der Waals surface area contributed by atoms with E-state index >= 15 is 0 Å². The Kier molecular flexibility index (Phi) is 3.12. The smallest absolute Gasteiger partial charge is 0.327 e. The first-order chi connectivity index (χ1) is 9.74. The van der Waals surface area contributed by atoms with Crippen LogP contribution in [0.15, 0.2) is 43.1 Å². The Bertz CT molecular complexity index is 748. The van der Waals surface area contributed by atoms with Crippen molar-refractivity contribution < 1.29 is 4.79 Å². The lowest BCUT2D eigenvalue weighted by atomic mass is 10.1. The number of hydrogen-bond donors (Lipinski definition) is 1. The van der Waals surface area contributed by atoms with Crippen molar-refractivity contribution in [2.75, 3.05) is 0 Å². The first-order valence-corrected chi connectivity index (χ1v) is 6.21. The molecule has 0 fully saturated rings. The number of aryl methyl sites for hydroxylation is 1. The summed E-state index contributed by atoms with van der Waals surface area (Å²) >= 11 is 0. The zero-order chi connectivity index (χ0) is 13.9. The summed E-state index contributed by atoms with van der Waals surface area (Å²) in [6, 6.07) is 7.77. The predicted molar refractivity (Wildman–Crippen MR) is 74.1 cm³/mol. The lowest BCUT2D eigenvalue weighted by Gasteiger charge is -2.06. The van der Waals surface area contributed by atoms with Crippen molar-refractivity contribution in [1.29, 1.82) is 0 Å². The first-order valence-electron chi connectivity index (χ1n) is 6.21. The minimum absolute atomic E-state index is 0.247. The number of fused-ring (bicyclic) bond motifs is 1. The van der Waals surface area contributed by atoms with Crippen LogP contribution in [0.5, 0.6) is 0 Å². The van der Waals surface area contributed by atoms with Crippen LogP contribution in [0.1, 0.15) is 11.1 Å². The van der Waals surface area contributed by atoms with Crippen LogP contribution >= 0.6 is 0 Å². The second kappa shape index (κ2) is 5.08. The van der Waals surface area contributed by atoms with Crippen LogP contribution in [0.3, 0.4) is 0 Å². The monoisotopic (exact) mass is 267 g/mol. The molecule has 6 nitrogen and oxygen atoms in total. The Labute approximate surface area is 115 Å². The molecule has 2 aromatic heterocycles. The summed E-state index contributed by atoms with van der Waals surface area (Å²) < 4.78 is 1.41. The van der Waals surface area contributed by atoms with E-state index in [-0.39, 0.29) is 6.03 Å². The van der Waals surface area contributed by atoms with E-state index in [0.717, 1.165) is 5.56 Å². The topological polar surface area (TPSA) is 72.7 Å². The summed E-state index contributed by atoms with van der Waals surface area (Å²) in [7, 11) is 0. The van der Waals surface area contributed by atoms with Gasteiger partial charge in [-0.25, -0.2) is 24.3 Å². The lowest BCUT2D eigenvalue weighted by molar-refractivity contribution is 0.242. The van der Waals surface area contributed by atoms with Crippen LogP contribution in [-0.4, -0.2) is 25.6 Å². The molecule has 6 heteroatoms. The number of benzene rings is 1. The van der Waals surface area contributed by atoms with E-state index in [1.807, 2.05) is 31.2 Å². The zero-order valence-electron chi connectivity index (χ0n) is 10.9. The van der Waals surface area contributed by atoms with Crippen LogP contribution in [0, 0.1) is 6.92 Å². The van der Waals surface area contributed by atoms with Crippen LogP contribution in [0.2, 0.25) is 0 Å². The molecule has 0 saturated heterocycles. The van der Waals surface area contributed by atoms with Crippen molar-refractivity contribution in [2.24, 2.45) is 0 Å². The molecule has 0 saturated carbocycles. The second-order valence-electron chi connectivity index (χ2n) is 4.49. The number of nitrogens with one attached hydrogen (secondary N) is 1. The molecule has 1 N–H and O–H groups in total. The summed E-state index contributed by atoms with van der Waals surface area (Å²) in [6.45, 7) is 2.49. The Hall–Kier alpha value is -2.76. The third-order valence-corrected chi connectivity index (χ3v) is 3.01. The molecular formula is C14H13N5O. The molecule has 2 heterocycles. The number of rotatable bonds is 2.